The molecular formula is C18H16N2O. The molecule has 1 amide bonds. The number of rotatable bonds is 1. The highest BCUT2D eigenvalue weighted by Gasteiger charge is 2.32. The van der Waals surface area contributed by atoms with Gasteiger partial charge in [-0.3, -0.25) is 4.79 Å². The molecule has 4 rings (SSSR count). The zero-order valence-corrected chi connectivity index (χ0v) is 11.8. The minimum atomic E-state index is 0.0740. The Bertz CT molecular complexity index is 834. The van der Waals surface area contributed by atoms with E-state index in [4.69, 9.17) is 0 Å². The molecule has 1 atom stereocenters. The summed E-state index contributed by atoms with van der Waals surface area (Å²) in [6, 6.07) is 16.3. The summed E-state index contributed by atoms with van der Waals surface area (Å²) in [7, 11) is 0. The predicted octanol–water partition coefficient (Wildman–Crippen LogP) is 3.76. The van der Waals surface area contributed by atoms with Crippen molar-refractivity contribution in [2.24, 2.45) is 0 Å². The summed E-state index contributed by atoms with van der Waals surface area (Å²) in [5.74, 6) is 0.0740. The number of carbonyl (C=O) groups is 1. The number of fused-ring (bicyclic) bond motifs is 2. The first-order valence-corrected chi connectivity index (χ1v) is 7.23. The molecule has 0 aliphatic carbocycles. The number of anilines is 1. The minimum absolute atomic E-state index is 0.0740. The molecule has 1 aliphatic rings. The van der Waals surface area contributed by atoms with E-state index in [0.717, 1.165) is 28.6 Å². The summed E-state index contributed by atoms with van der Waals surface area (Å²) >= 11 is 0. The van der Waals surface area contributed by atoms with Crippen molar-refractivity contribution in [3.8, 4) is 0 Å². The number of nitrogens with one attached hydrogen (secondary N) is 1. The molecule has 0 fully saturated rings. The summed E-state index contributed by atoms with van der Waals surface area (Å²) in [6.07, 6.45) is 2.74. The van der Waals surface area contributed by atoms with Crippen LogP contribution in [0.5, 0.6) is 0 Å². The first-order chi connectivity index (χ1) is 10.3. The Morgan fingerprint density at radius 2 is 1.90 bits per heavy atom. The third kappa shape index (κ3) is 1.77. The molecule has 1 aromatic heterocycles. The number of amides is 1. The summed E-state index contributed by atoms with van der Waals surface area (Å²) in [5.41, 5.74) is 4.04. The van der Waals surface area contributed by atoms with Crippen LogP contribution in [0.1, 0.15) is 22.8 Å². The van der Waals surface area contributed by atoms with Gasteiger partial charge in [-0.2, -0.15) is 0 Å². The number of benzene rings is 2. The zero-order chi connectivity index (χ0) is 14.4. The largest absolute Gasteiger partial charge is 0.360 e. The second kappa shape index (κ2) is 4.48. The van der Waals surface area contributed by atoms with Gasteiger partial charge in [-0.1, -0.05) is 36.4 Å². The molecule has 3 heteroatoms. The van der Waals surface area contributed by atoms with Crippen LogP contribution in [-0.2, 0) is 6.42 Å². The molecule has 0 saturated carbocycles. The topological polar surface area (TPSA) is 36.1 Å². The van der Waals surface area contributed by atoms with Gasteiger partial charge in [0.1, 0.15) is 0 Å². The fourth-order valence-electron chi connectivity index (χ4n) is 3.25. The van der Waals surface area contributed by atoms with Crippen LogP contribution in [0, 0.1) is 0 Å². The molecule has 3 aromatic rings. The van der Waals surface area contributed by atoms with Gasteiger partial charge in [-0.25, -0.2) is 0 Å². The monoisotopic (exact) mass is 276 g/mol. The molecule has 21 heavy (non-hydrogen) atoms. The quantitative estimate of drug-likeness (QED) is 0.721. The third-order valence-corrected chi connectivity index (χ3v) is 4.25. The Morgan fingerprint density at radius 3 is 2.81 bits per heavy atom. The van der Waals surface area contributed by atoms with E-state index in [0.29, 0.717) is 0 Å². The molecule has 0 radical (unpaired) electrons. The van der Waals surface area contributed by atoms with Crippen molar-refractivity contribution < 1.29 is 4.79 Å². The first-order valence-electron chi connectivity index (χ1n) is 7.23. The van der Waals surface area contributed by atoms with Crippen LogP contribution >= 0.6 is 0 Å². The molecule has 2 heterocycles. The number of aromatic nitrogens is 1. The molecule has 104 valence electrons. The van der Waals surface area contributed by atoms with Gasteiger partial charge >= 0.3 is 0 Å². The Kier molecular flexibility index (Phi) is 2.61. The molecule has 2 aromatic carbocycles. The van der Waals surface area contributed by atoms with Gasteiger partial charge in [0, 0.05) is 28.8 Å². The Morgan fingerprint density at radius 1 is 1.14 bits per heavy atom. The second-order valence-electron chi connectivity index (χ2n) is 5.60. The Labute approximate surface area is 123 Å². The van der Waals surface area contributed by atoms with Crippen LogP contribution in [-0.4, -0.2) is 16.9 Å². The van der Waals surface area contributed by atoms with Gasteiger partial charge in [0.25, 0.3) is 5.91 Å². The molecule has 0 saturated heterocycles. The maximum absolute atomic E-state index is 13.0. The number of hydrogen-bond donors (Lipinski definition) is 1. The smallest absolute Gasteiger partial charge is 0.260 e. The van der Waals surface area contributed by atoms with Gasteiger partial charge in [0.2, 0.25) is 0 Å². The van der Waals surface area contributed by atoms with Crippen LogP contribution in [0.25, 0.3) is 10.9 Å². The number of nitrogens with zero attached hydrogens (tertiary/aromatic N) is 1. The minimum Gasteiger partial charge on any atom is -0.360 e. The van der Waals surface area contributed by atoms with E-state index in [9.17, 15) is 4.79 Å². The van der Waals surface area contributed by atoms with E-state index < -0.39 is 0 Å². The van der Waals surface area contributed by atoms with Crippen molar-refractivity contribution in [2.75, 3.05) is 4.90 Å². The Balaban J connectivity index is 1.82. The van der Waals surface area contributed by atoms with Gasteiger partial charge < -0.3 is 9.88 Å². The predicted molar refractivity (Wildman–Crippen MR) is 84.7 cm³/mol. The summed E-state index contributed by atoms with van der Waals surface area (Å²) in [4.78, 5) is 18.1. The fraction of sp³-hybridized carbons (Fsp3) is 0.167. The lowest BCUT2D eigenvalue weighted by Gasteiger charge is -2.22. The summed E-state index contributed by atoms with van der Waals surface area (Å²) < 4.78 is 0. The maximum Gasteiger partial charge on any atom is 0.260 e. The van der Waals surface area contributed by atoms with E-state index in [1.165, 1.54) is 5.56 Å². The van der Waals surface area contributed by atoms with E-state index >= 15 is 0 Å². The average molecular weight is 276 g/mol. The Hall–Kier alpha value is -2.55. The van der Waals surface area contributed by atoms with Crippen LogP contribution in [0.2, 0.25) is 0 Å². The lowest BCUT2D eigenvalue weighted by atomic mass is 10.1. The molecule has 3 nitrogen and oxygen atoms in total. The highest BCUT2D eigenvalue weighted by Crippen LogP contribution is 2.34. The molecule has 0 spiro atoms. The number of aromatic amines is 1. The first kappa shape index (κ1) is 12.2. The van der Waals surface area contributed by atoms with Crippen molar-refractivity contribution in [3.05, 3.63) is 65.9 Å². The number of carbonyl (C=O) groups excluding carboxylic acids is 1. The van der Waals surface area contributed by atoms with Crippen molar-refractivity contribution in [1.29, 1.82) is 0 Å². The van der Waals surface area contributed by atoms with Gasteiger partial charge in [-0.15, -0.1) is 0 Å². The standard InChI is InChI=1S/C18H16N2O/c1-12-10-13-6-2-5-9-17(13)20(12)18(21)15-11-19-16-8-4-3-7-14(15)16/h2-9,11-12,19H,10H2,1H3. The summed E-state index contributed by atoms with van der Waals surface area (Å²) in [5, 5.41) is 0.985. The number of hydrogen-bond acceptors (Lipinski definition) is 1. The number of H-pyrrole nitrogens is 1. The van der Waals surface area contributed by atoms with Crippen LogP contribution in [0.15, 0.2) is 54.7 Å². The van der Waals surface area contributed by atoms with Crippen LogP contribution in [0.3, 0.4) is 0 Å². The van der Waals surface area contributed by atoms with Crippen molar-refractivity contribution in [1.82, 2.24) is 4.98 Å². The van der Waals surface area contributed by atoms with Crippen molar-refractivity contribution in [2.45, 2.75) is 19.4 Å². The van der Waals surface area contributed by atoms with Crippen molar-refractivity contribution >= 4 is 22.5 Å². The fourth-order valence-corrected chi connectivity index (χ4v) is 3.25. The van der Waals surface area contributed by atoms with E-state index in [-0.39, 0.29) is 11.9 Å². The molecule has 1 aliphatic heterocycles. The molecule has 0 bridgehead atoms. The molecule has 1 N–H and O–H groups in total. The zero-order valence-electron chi connectivity index (χ0n) is 11.8. The van der Waals surface area contributed by atoms with Crippen LogP contribution in [0.4, 0.5) is 5.69 Å². The highest BCUT2D eigenvalue weighted by atomic mass is 16.2. The lowest BCUT2D eigenvalue weighted by Crippen LogP contribution is -2.35. The number of para-hydroxylation sites is 2. The van der Waals surface area contributed by atoms with Gasteiger partial charge in [-0.05, 0) is 31.0 Å². The SMILES string of the molecule is CC1Cc2ccccc2N1C(=O)c1c[nH]c2ccccc12. The highest BCUT2D eigenvalue weighted by molar-refractivity contribution is 6.15. The average Bonchev–Trinajstić information content (AvgIpc) is 3.06. The van der Waals surface area contributed by atoms with E-state index in [1.54, 1.807) is 0 Å². The van der Waals surface area contributed by atoms with E-state index in [2.05, 4.69) is 18.0 Å². The third-order valence-electron chi connectivity index (χ3n) is 4.25. The van der Waals surface area contributed by atoms with Gasteiger partial charge in [0.15, 0.2) is 0 Å². The summed E-state index contributed by atoms with van der Waals surface area (Å²) in [6.45, 7) is 2.10. The van der Waals surface area contributed by atoms with Gasteiger partial charge in [0.05, 0.1) is 5.56 Å². The van der Waals surface area contributed by atoms with E-state index in [1.807, 2.05) is 53.6 Å². The molecular weight excluding hydrogens is 260 g/mol. The van der Waals surface area contributed by atoms with Crippen LogP contribution < -0.4 is 4.90 Å². The normalized spacial score (nSPS) is 17.2. The molecule has 1 unspecified atom stereocenters. The van der Waals surface area contributed by atoms with Crippen molar-refractivity contribution in [3.63, 3.8) is 0 Å². The second-order valence-corrected chi connectivity index (χ2v) is 5.60. The lowest BCUT2D eigenvalue weighted by molar-refractivity contribution is 0.0983. The maximum atomic E-state index is 13.0.